The molecule has 1 aromatic heterocycles. The number of carbonyl (C=O) groups is 2. The topological polar surface area (TPSA) is 117 Å². The number of urea groups is 1. The number of aliphatic carboxylic acids is 1. The molecule has 0 aliphatic heterocycles. The lowest BCUT2D eigenvalue weighted by Crippen LogP contribution is -2.55. The van der Waals surface area contributed by atoms with Gasteiger partial charge in [-0.15, -0.1) is 0 Å². The van der Waals surface area contributed by atoms with Gasteiger partial charge in [-0.2, -0.15) is 0 Å². The molecule has 0 unspecified atom stereocenters. The number of ether oxygens (including phenoxy) is 1. The normalized spacial score (nSPS) is 19.8. The van der Waals surface area contributed by atoms with Gasteiger partial charge >= 0.3 is 12.0 Å². The van der Waals surface area contributed by atoms with Gasteiger partial charge in [-0.05, 0) is 19.4 Å². The van der Waals surface area contributed by atoms with E-state index in [9.17, 15) is 9.59 Å². The number of rotatable bonds is 7. The van der Waals surface area contributed by atoms with Crippen LogP contribution in [-0.2, 0) is 4.79 Å². The largest absolute Gasteiger partial charge is 0.481 e. The molecule has 1 heterocycles. The lowest BCUT2D eigenvalue weighted by atomic mass is 9.85. The first-order chi connectivity index (χ1) is 11.0. The summed E-state index contributed by atoms with van der Waals surface area (Å²) in [4.78, 5) is 32.4. The number of hydrogen-bond acceptors (Lipinski definition) is 6. The molecule has 0 radical (unpaired) electrons. The third kappa shape index (κ3) is 4.78. The third-order valence-electron chi connectivity index (χ3n) is 3.80. The molecule has 3 N–H and O–H groups in total. The molecule has 2 amide bonds. The highest BCUT2D eigenvalue weighted by molar-refractivity contribution is 5.88. The quantitative estimate of drug-likeness (QED) is 0.670. The van der Waals surface area contributed by atoms with E-state index in [1.54, 1.807) is 0 Å². The Balaban J connectivity index is 1.76. The van der Waals surface area contributed by atoms with Crippen molar-refractivity contribution in [3.63, 3.8) is 0 Å². The monoisotopic (exact) mass is 323 g/mol. The highest BCUT2D eigenvalue weighted by Gasteiger charge is 2.34. The van der Waals surface area contributed by atoms with E-state index in [0.717, 1.165) is 12.8 Å². The number of methoxy groups -OCH3 is 1. The lowest BCUT2D eigenvalue weighted by molar-refractivity contribution is -0.139. The van der Waals surface area contributed by atoms with Crippen LogP contribution in [0.25, 0.3) is 0 Å². The van der Waals surface area contributed by atoms with Gasteiger partial charge in [-0.3, -0.25) is 15.0 Å². The number of aromatic nitrogens is 2. The summed E-state index contributed by atoms with van der Waals surface area (Å²) in [5.74, 6) is -0.115. The standard InChI is InChI=1S/C14H21N5O4/c1-3-19(7-13(20)21)10-4-9(5-10)17-14(22)18-11-6-12(23-2)16-8-15-11/h6,8-10H,3-5,7H2,1-2H3,(H,20,21)(H2,15,16,17,18,22). The van der Waals surface area contributed by atoms with E-state index in [4.69, 9.17) is 9.84 Å². The smallest absolute Gasteiger partial charge is 0.320 e. The molecule has 0 aromatic carbocycles. The van der Waals surface area contributed by atoms with Crippen molar-refractivity contribution < 1.29 is 19.4 Å². The van der Waals surface area contributed by atoms with Crippen LogP contribution < -0.4 is 15.4 Å². The fourth-order valence-corrected chi connectivity index (χ4v) is 2.53. The third-order valence-corrected chi connectivity index (χ3v) is 3.80. The van der Waals surface area contributed by atoms with Crippen LogP contribution in [0.3, 0.4) is 0 Å². The summed E-state index contributed by atoms with van der Waals surface area (Å²) in [5.41, 5.74) is 0. The van der Waals surface area contributed by atoms with Gasteiger partial charge in [-0.25, -0.2) is 14.8 Å². The van der Waals surface area contributed by atoms with Crippen LogP contribution in [0.5, 0.6) is 5.88 Å². The Labute approximate surface area is 134 Å². The van der Waals surface area contributed by atoms with E-state index in [2.05, 4.69) is 20.6 Å². The predicted molar refractivity (Wildman–Crippen MR) is 82.4 cm³/mol. The molecule has 1 aromatic rings. The van der Waals surface area contributed by atoms with Crippen LogP contribution in [0.15, 0.2) is 12.4 Å². The first-order valence-corrected chi connectivity index (χ1v) is 7.41. The number of anilines is 1. The molecule has 1 saturated carbocycles. The van der Waals surface area contributed by atoms with Crippen molar-refractivity contribution in [2.24, 2.45) is 0 Å². The zero-order valence-corrected chi connectivity index (χ0v) is 13.2. The highest BCUT2D eigenvalue weighted by atomic mass is 16.5. The zero-order valence-electron chi connectivity index (χ0n) is 13.2. The fourth-order valence-electron chi connectivity index (χ4n) is 2.53. The second kappa shape index (κ2) is 7.73. The lowest BCUT2D eigenvalue weighted by Gasteiger charge is -2.42. The second-order valence-corrected chi connectivity index (χ2v) is 5.32. The number of carboxylic acid groups (broad SMARTS) is 1. The van der Waals surface area contributed by atoms with Crippen LogP contribution in [-0.4, -0.2) is 64.3 Å². The average Bonchev–Trinajstić information content (AvgIpc) is 2.48. The molecule has 9 heteroatoms. The SMILES string of the molecule is CCN(CC(=O)O)C1CC(NC(=O)Nc2cc(OC)ncn2)C1. The van der Waals surface area contributed by atoms with Crippen molar-refractivity contribution in [1.82, 2.24) is 20.2 Å². The minimum atomic E-state index is -0.835. The Morgan fingerprint density at radius 1 is 1.43 bits per heavy atom. The molecule has 0 spiro atoms. The second-order valence-electron chi connectivity index (χ2n) is 5.32. The van der Waals surface area contributed by atoms with E-state index in [1.165, 1.54) is 19.5 Å². The molecule has 1 fully saturated rings. The molecule has 9 nitrogen and oxygen atoms in total. The summed E-state index contributed by atoms with van der Waals surface area (Å²) in [6.45, 7) is 2.64. The van der Waals surface area contributed by atoms with Crippen molar-refractivity contribution in [3.05, 3.63) is 12.4 Å². The maximum atomic E-state index is 11.9. The van der Waals surface area contributed by atoms with E-state index >= 15 is 0 Å². The van der Waals surface area contributed by atoms with E-state index in [0.29, 0.717) is 18.2 Å². The summed E-state index contributed by atoms with van der Waals surface area (Å²) in [6.07, 6.45) is 2.78. The molecule has 2 rings (SSSR count). The number of hydrogen-bond donors (Lipinski definition) is 3. The molecule has 0 bridgehead atoms. The van der Waals surface area contributed by atoms with Crippen molar-refractivity contribution in [2.75, 3.05) is 25.5 Å². The van der Waals surface area contributed by atoms with Gasteiger partial charge in [0.05, 0.1) is 13.7 Å². The van der Waals surface area contributed by atoms with Gasteiger partial charge < -0.3 is 15.2 Å². The Bertz CT molecular complexity index is 562. The van der Waals surface area contributed by atoms with Crippen LogP contribution in [0.2, 0.25) is 0 Å². The van der Waals surface area contributed by atoms with Crippen LogP contribution >= 0.6 is 0 Å². The zero-order chi connectivity index (χ0) is 16.8. The first kappa shape index (κ1) is 16.9. The summed E-state index contributed by atoms with van der Waals surface area (Å²) >= 11 is 0. The number of nitrogens with one attached hydrogen (secondary N) is 2. The maximum absolute atomic E-state index is 11.9. The van der Waals surface area contributed by atoms with Gasteiger partial charge in [0.15, 0.2) is 0 Å². The molecule has 126 valence electrons. The Morgan fingerprint density at radius 2 is 2.17 bits per heavy atom. The minimum Gasteiger partial charge on any atom is -0.481 e. The fraction of sp³-hybridized carbons (Fsp3) is 0.571. The van der Waals surface area contributed by atoms with Gasteiger partial charge in [0, 0.05) is 18.2 Å². The molecular weight excluding hydrogens is 302 g/mol. The maximum Gasteiger partial charge on any atom is 0.320 e. The minimum absolute atomic E-state index is 0.0286. The van der Waals surface area contributed by atoms with Gasteiger partial charge in [0.25, 0.3) is 0 Å². The molecule has 23 heavy (non-hydrogen) atoms. The van der Waals surface area contributed by atoms with Crippen LogP contribution in [0.4, 0.5) is 10.6 Å². The van der Waals surface area contributed by atoms with Gasteiger partial charge in [0.2, 0.25) is 5.88 Å². The number of nitrogens with zero attached hydrogens (tertiary/aromatic N) is 3. The number of amides is 2. The van der Waals surface area contributed by atoms with Crippen molar-refractivity contribution >= 4 is 17.8 Å². The van der Waals surface area contributed by atoms with Gasteiger partial charge in [0.1, 0.15) is 12.1 Å². The molecule has 0 atom stereocenters. The highest BCUT2D eigenvalue weighted by Crippen LogP contribution is 2.25. The predicted octanol–water partition coefficient (Wildman–Crippen LogP) is 0.544. The molecular formula is C14H21N5O4. The number of carbonyl (C=O) groups excluding carboxylic acids is 1. The van der Waals surface area contributed by atoms with Crippen molar-refractivity contribution in [3.8, 4) is 5.88 Å². The summed E-state index contributed by atoms with van der Waals surface area (Å²) < 4.78 is 4.96. The Morgan fingerprint density at radius 3 is 2.78 bits per heavy atom. The molecule has 1 aliphatic carbocycles. The van der Waals surface area contributed by atoms with Crippen LogP contribution in [0, 0.1) is 0 Å². The molecule has 0 saturated heterocycles. The van der Waals surface area contributed by atoms with E-state index < -0.39 is 5.97 Å². The van der Waals surface area contributed by atoms with E-state index in [1.807, 2.05) is 11.8 Å². The average molecular weight is 323 g/mol. The van der Waals surface area contributed by atoms with Crippen molar-refractivity contribution in [1.29, 1.82) is 0 Å². The van der Waals surface area contributed by atoms with Crippen LogP contribution in [0.1, 0.15) is 19.8 Å². The number of carboxylic acids is 1. The molecule has 1 aliphatic rings. The summed E-state index contributed by atoms with van der Waals surface area (Å²) in [6, 6.07) is 1.40. The summed E-state index contributed by atoms with van der Waals surface area (Å²) in [7, 11) is 1.48. The van der Waals surface area contributed by atoms with E-state index in [-0.39, 0.29) is 24.7 Å². The first-order valence-electron chi connectivity index (χ1n) is 7.41. The summed E-state index contributed by atoms with van der Waals surface area (Å²) in [5, 5.41) is 14.3. The van der Waals surface area contributed by atoms with Crippen molar-refractivity contribution in [2.45, 2.75) is 31.8 Å². The van der Waals surface area contributed by atoms with Gasteiger partial charge in [-0.1, -0.05) is 6.92 Å². The Kier molecular flexibility index (Phi) is 5.69. The number of likely N-dealkylation sites (N-methyl/N-ethyl adjacent to an activating group) is 1. The Hall–Kier alpha value is -2.42.